The molecule has 1 saturated heterocycles. The SMILES string of the molecule is CC1CCC(N2C(=O)CNC2c2cccc(Cl)c2)C1. The third-order valence-corrected chi connectivity index (χ3v) is 4.47. The summed E-state index contributed by atoms with van der Waals surface area (Å²) in [5.74, 6) is 0.933. The Morgan fingerprint density at radius 2 is 2.21 bits per heavy atom. The molecular formula is C15H19ClN2O. The smallest absolute Gasteiger partial charge is 0.238 e. The number of carbonyl (C=O) groups is 1. The van der Waals surface area contributed by atoms with Gasteiger partial charge in [0.2, 0.25) is 5.91 Å². The van der Waals surface area contributed by atoms with E-state index < -0.39 is 0 Å². The molecule has 1 saturated carbocycles. The van der Waals surface area contributed by atoms with E-state index in [0.29, 0.717) is 12.6 Å². The quantitative estimate of drug-likeness (QED) is 0.902. The molecule has 2 fully saturated rings. The molecule has 102 valence electrons. The molecule has 1 aliphatic heterocycles. The van der Waals surface area contributed by atoms with Gasteiger partial charge in [0.1, 0.15) is 6.17 Å². The van der Waals surface area contributed by atoms with Crippen LogP contribution in [0.2, 0.25) is 5.02 Å². The predicted octanol–water partition coefficient (Wildman–Crippen LogP) is 2.96. The lowest BCUT2D eigenvalue weighted by Gasteiger charge is -2.30. The van der Waals surface area contributed by atoms with Crippen molar-refractivity contribution in [2.75, 3.05) is 6.54 Å². The molecule has 0 spiro atoms. The van der Waals surface area contributed by atoms with Crippen LogP contribution in [0.1, 0.15) is 37.9 Å². The minimum Gasteiger partial charge on any atom is -0.319 e. The molecule has 0 bridgehead atoms. The van der Waals surface area contributed by atoms with Gasteiger partial charge in [-0.15, -0.1) is 0 Å². The number of benzene rings is 1. The van der Waals surface area contributed by atoms with Crippen molar-refractivity contribution in [3.63, 3.8) is 0 Å². The normalized spacial score (nSPS) is 31.2. The third-order valence-electron chi connectivity index (χ3n) is 4.24. The summed E-state index contributed by atoms with van der Waals surface area (Å²) in [6.45, 7) is 2.70. The first-order valence-electron chi connectivity index (χ1n) is 6.95. The Kier molecular flexibility index (Phi) is 3.50. The fourth-order valence-corrected chi connectivity index (χ4v) is 3.52. The number of amides is 1. The molecule has 3 atom stereocenters. The van der Waals surface area contributed by atoms with Crippen LogP contribution in [-0.2, 0) is 4.79 Å². The van der Waals surface area contributed by atoms with Gasteiger partial charge in [-0.25, -0.2) is 0 Å². The maximum atomic E-state index is 12.2. The van der Waals surface area contributed by atoms with E-state index in [1.54, 1.807) is 0 Å². The van der Waals surface area contributed by atoms with Gasteiger partial charge in [-0.3, -0.25) is 10.1 Å². The Labute approximate surface area is 118 Å². The maximum absolute atomic E-state index is 12.2. The van der Waals surface area contributed by atoms with Crippen LogP contribution in [0.4, 0.5) is 0 Å². The van der Waals surface area contributed by atoms with Crippen LogP contribution in [0.25, 0.3) is 0 Å². The largest absolute Gasteiger partial charge is 0.319 e. The van der Waals surface area contributed by atoms with E-state index in [-0.39, 0.29) is 12.1 Å². The maximum Gasteiger partial charge on any atom is 0.238 e. The van der Waals surface area contributed by atoms with E-state index in [0.717, 1.165) is 29.3 Å². The fourth-order valence-electron chi connectivity index (χ4n) is 3.32. The Bertz CT molecular complexity index is 491. The van der Waals surface area contributed by atoms with Gasteiger partial charge in [-0.05, 0) is 42.9 Å². The van der Waals surface area contributed by atoms with Crippen LogP contribution < -0.4 is 5.32 Å². The molecule has 19 heavy (non-hydrogen) atoms. The van der Waals surface area contributed by atoms with E-state index in [1.165, 1.54) is 6.42 Å². The average molecular weight is 279 g/mol. The lowest BCUT2D eigenvalue weighted by Crippen LogP contribution is -2.38. The van der Waals surface area contributed by atoms with Crippen LogP contribution in [0.3, 0.4) is 0 Å². The van der Waals surface area contributed by atoms with Gasteiger partial charge in [0.05, 0.1) is 6.54 Å². The molecule has 0 radical (unpaired) electrons. The zero-order valence-electron chi connectivity index (χ0n) is 11.1. The van der Waals surface area contributed by atoms with E-state index in [4.69, 9.17) is 11.6 Å². The van der Waals surface area contributed by atoms with Crippen molar-refractivity contribution in [2.45, 2.75) is 38.4 Å². The second kappa shape index (κ2) is 5.14. The van der Waals surface area contributed by atoms with Crippen molar-refractivity contribution in [1.29, 1.82) is 0 Å². The summed E-state index contributed by atoms with van der Waals surface area (Å²) >= 11 is 6.06. The Hall–Kier alpha value is -1.06. The first-order chi connectivity index (χ1) is 9.15. The van der Waals surface area contributed by atoms with Crippen molar-refractivity contribution >= 4 is 17.5 Å². The number of halogens is 1. The Morgan fingerprint density at radius 3 is 2.89 bits per heavy atom. The third kappa shape index (κ3) is 2.49. The summed E-state index contributed by atoms with van der Waals surface area (Å²) in [6.07, 6.45) is 3.44. The summed E-state index contributed by atoms with van der Waals surface area (Å²) in [6, 6.07) is 8.17. The molecule has 1 N–H and O–H groups in total. The van der Waals surface area contributed by atoms with Gasteiger partial charge < -0.3 is 4.90 Å². The van der Waals surface area contributed by atoms with Crippen molar-refractivity contribution in [3.05, 3.63) is 34.9 Å². The van der Waals surface area contributed by atoms with Crippen LogP contribution >= 0.6 is 11.6 Å². The van der Waals surface area contributed by atoms with Crippen LogP contribution in [0.5, 0.6) is 0 Å². The standard InChI is InChI=1S/C15H19ClN2O/c1-10-5-6-13(7-10)18-14(19)9-17-15(18)11-3-2-4-12(16)8-11/h2-4,8,10,13,15,17H,5-7,9H2,1H3. The minimum absolute atomic E-state index is 0.0125. The average Bonchev–Trinajstić information content (AvgIpc) is 2.95. The van der Waals surface area contributed by atoms with E-state index in [1.807, 2.05) is 29.2 Å². The molecule has 1 amide bonds. The van der Waals surface area contributed by atoms with Gasteiger partial charge in [-0.1, -0.05) is 30.7 Å². The highest BCUT2D eigenvalue weighted by molar-refractivity contribution is 6.30. The zero-order valence-corrected chi connectivity index (χ0v) is 11.9. The van der Waals surface area contributed by atoms with E-state index in [9.17, 15) is 4.79 Å². The number of nitrogens with zero attached hydrogens (tertiary/aromatic N) is 1. The highest BCUT2D eigenvalue weighted by atomic mass is 35.5. The Balaban J connectivity index is 1.86. The van der Waals surface area contributed by atoms with Crippen LogP contribution in [-0.4, -0.2) is 23.4 Å². The molecule has 3 rings (SSSR count). The summed E-state index contributed by atoms with van der Waals surface area (Å²) in [5, 5.41) is 4.03. The molecule has 2 aliphatic rings. The van der Waals surface area contributed by atoms with Gasteiger partial charge >= 0.3 is 0 Å². The van der Waals surface area contributed by atoms with E-state index in [2.05, 4.69) is 12.2 Å². The second-order valence-electron chi connectivity index (χ2n) is 5.71. The molecule has 1 aliphatic carbocycles. The molecule has 3 unspecified atom stereocenters. The van der Waals surface area contributed by atoms with Crippen LogP contribution in [0.15, 0.2) is 24.3 Å². The van der Waals surface area contributed by atoms with Crippen LogP contribution in [0, 0.1) is 5.92 Å². The molecular weight excluding hydrogens is 260 g/mol. The lowest BCUT2D eigenvalue weighted by atomic mass is 10.1. The first kappa shape index (κ1) is 12.9. The van der Waals surface area contributed by atoms with Gasteiger partial charge in [0, 0.05) is 11.1 Å². The summed E-state index contributed by atoms with van der Waals surface area (Å²) in [5.41, 5.74) is 1.08. The molecule has 4 heteroatoms. The summed E-state index contributed by atoms with van der Waals surface area (Å²) < 4.78 is 0. The topological polar surface area (TPSA) is 32.3 Å². The van der Waals surface area contributed by atoms with Gasteiger partial charge in [0.25, 0.3) is 0 Å². The van der Waals surface area contributed by atoms with E-state index >= 15 is 0 Å². The molecule has 1 aromatic carbocycles. The van der Waals surface area contributed by atoms with Gasteiger partial charge in [-0.2, -0.15) is 0 Å². The first-order valence-corrected chi connectivity index (χ1v) is 7.33. The highest BCUT2D eigenvalue weighted by Gasteiger charge is 2.39. The lowest BCUT2D eigenvalue weighted by molar-refractivity contribution is -0.130. The monoisotopic (exact) mass is 278 g/mol. The second-order valence-corrected chi connectivity index (χ2v) is 6.15. The van der Waals surface area contributed by atoms with Crippen molar-refractivity contribution in [1.82, 2.24) is 10.2 Å². The molecule has 1 aromatic rings. The van der Waals surface area contributed by atoms with Crippen molar-refractivity contribution in [3.8, 4) is 0 Å². The molecule has 0 aromatic heterocycles. The molecule has 1 heterocycles. The number of carbonyl (C=O) groups excluding carboxylic acids is 1. The fraction of sp³-hybridized carbons (Fsp3) is 0.533. The summed E-state index contributed by atoms with van der Waals surface area (Å²) in [7, 11) is 0. The Morgan fingerprint density at radius 1 is 1.37 bits per heavy atom. The number of hydrogen-bond donors (Lipinski definition) is 1. The number of rotatable bonds is 2. The predicted molar refractivity (Wildman–Crippen MR) is 75.8 cm³/mol. The zero-order chi connectivity index (χ0) is 13.4. The van der Waals surface area contributed by atoms with Crippen molar-refractivity contribution in [2.24, 2.45) is 5.92 Å². The minimum atomic E-state index is -0.0125. The summed E-state index contributed by atoms with van der Waals surface area (Å²) in [4.78, 5) is 14.2. The molecule has 3 nitrogen and oxygen atoms in total. The number of nitrogens with one attached hydrogen (secondary N) is 1. The van der Waals surface area contributed by atoms with Gasteiger partial charge in [0.15, 0.2) is 0 Å². The number of hydrogen-bond acceptors (Lipinski definition) is 2. The van der Waals surface area contributed by atoms with Crippen molar-refractivity contribution < 1.29 is 4.79 Å². The highest BCUT2D eigenvalue weighted by Crippen LogP contribution is 2.35.